The van der Waals surface area contributed by atoms with E-state index in [1.807, 2.05) is 0 Å². The van der Waals surface area contributed by atoms with Crippen molar-refractivity contribution in [3.05, 3.63) is 12.2 Å². The van der Waals surface area contributed by atoms with Gasteiger partial charge in [-0.3, -0.25) is 9.59 Å². The Morgan fingerprint density at radius 3 is 0.937 bits per heavy atom. The lowest BCUT2D eigenvalue weighted by molar-refractivity contribution is -0.143. The molecule has 0 saturated carbocycles. The number of rotatable bonds is 69. The number of aliphatic hydroxyl groups is 2. The zero-order valence-corrected chi connectivity index (χ0v) is 53.9. The second-order valence-corrected chi connectivity index (χ2v) is 25.3. The van der Waals surface area contributed by atoms with Crippen LogP contribution in [0.3, 0.4) is 0 Å². The van der Waals surface area contributed by atoms with Crippen LogP contribution in [0.1, 0.15) is 418 Å². The first-order valence-corrected chi connectivity index (χ1v) is 36.4. The van der Waals surface area contributed by atoms with Crippen molar-refractivity contribution >= 4 is 11.9 Å². The van der Waals surface area contributed by atoms with Gasteiger partial charge in [0.2, 0.25) is 5.91 Å². The minimum atomic E-state index is -0.662. The number of unbranched alkanes of at least 4 members (excludes halogenated alkanes) is 56. The number of aliphatic hydroxyl groups excluding tert-OH is 2. The first-order valence-electron chi connectivity index (χ1n) is 36.4. The minimum absolute atomic E-state index is 0.00989. The molecule has 0 radical (unpaired) electrons. The molecule has 6 heteroatoms. The predicted molar refractivity (Wildman–Crippen MR) is 347 cm³/mol. The van der Waals surface area contributed by atoms with E-state index in [1.165, 1.54) is 340 Å². The number of allylic oxidation sites excluding steroid dienone is 2. The average Bonchev–Trinajstić information content (AvgIpc) is 3.45. The lowest BCUT2D eigenvalue weighted by Gasteiger charge is -2.22. The number of hydrogen-bond acceptors (Lipinski definition) is 5. The molecule has 0 rings (SSSR count). The molecule has 0 bridgehead atoms. The quantitative estimate of drug-likeness (QED) is 0.0320. The van der Waals surface area contributed by atoms with Crippen LogP contribution >= 0.6 is 0 Å². The highest BCUT2D eigenvalue weighted by Crippen LogP contribution is 2.20. The summed E-state index contributed by atoms with van der Waals surface area (Å²) in [5, 5.41) is 23.4. The molecule has 0 aromatic heterocycles. The van der Waals surface area contributed by atoms with Gasteiger partial charge in [-0.1, -0.05) is 373 Å². The molecule has 2 atom stereocenters. The van der Waals surface area contributed by atoms with Crippen molar-refractivity contribution in [2.75, 3.05) is 13.2 Å². The van der Waals surface area contributed by atoms with Crippen LogP contribution in [0.2, 0.25) is 0 Å². The maximum absolute atomic E-state index is 12.6. The van der Waals surface area contributed by atoms with E-state index in [-0.39, 0.29) is 18.5 Å². The molecule has 0 aliphatic carbocycles. The summed E-state index contributed by atoms with van der Waals surface area (Å²) in [6.07, 6.45) is 85.6. The summed E-state index contributed by atoms with van der Waals surface area (Å²) >= 11 is 0. The molecule has 0 aromatic carbocycles. The fourth-order valence-electron chi connectivity index (χ4n) is 11.7. The van der Waals surface area contributed by atoms with Crippen molar-refractivity contribution in [1.29, 1.82) is 0 Å². The van der Waals surface area contributed by atoms with E-state index in [0.717, 1.165) is 44.9 Å². The lowest BCUT2D eigenvalue weighted by Crippen LogP contribution is -2.45. The Labute approximate surface area is 495 Å². The van der Waals surface area contributed by atoms with Gasteiger partial charge in [0.05, 0.1) is 25.4 Å². The number of hydrogen-bond donors (Lipinski definition) is 3. The third-order valence-corrected chi connectivity index (χ3v) is 17.3. The van der Waals surface area contributed by atoms with Gasteiger partial charge in [0.1, 0.15) is 0 Å². The molecule has 0 aliphatic rings. The van der Waals surface area contributed by atoms with Gasteiger partial charge in [-0.2, -0.15) is 0 Å². The molecule has 0 spiro atoms. The van der Waals surface area contributed by atoms with Gasteiger partial charge in [0, 0.05) is 12.8 Å². The summed E-state index contributed by atoms with van der Waals surface area (Å²) < 4.78 is 5.47. The Morgan fingerprint density at radius 2 is 0.608 bits per heavy atom. The Balaban J connectivity index is 3.34. The van der Waals surface area contributed by atoms with E-state index in [1.54, 1.807) is 0 Å². The lowest BCUT2D eigenvalue weighted by atomic mass is 10.0. The Morgan fingerprint density at radius 1 is 0.342 bits per heavy atom. The number of ether oxygens (including phenoxy) is 1. The van der Waals surface area contributed by atoms with E-state index in [0.29, 0.717) is 25.9 Å². The van der Waals surface area contributed by atoms with Crippen LogP contribution in [-0.2, 0) is 14.3 Å². The van der Waals surface area contributed by atoms with Crippen molar-refractivity contribution in [1.82, 2.24) is 5.32 Å². The second kappa shape index (κ2) is 69.1. The predicted octanol–water partition coefficient (Wildman–Crippen LogP) is 23.5. The standard InChI is InChI=1S/C73H143NO5/c1-3-5-7-9-11-13-15-16-17-18-19-30-33-36-39-42-46-49-53-57-61-65-71(76)70(69-75)74-72(77)66-62-58-54-50-47-43-40-37-34-31-28-26-24-22-20-21-23-25-27-29-32-35-38-41-44-48-52-56-60-64-68-79-73(78)67-63-59-55-51-45-14-12-10-8-6-4-2/h10,12,70-71,75-76H,3-9,11,13-69H2,1-2H3,(H,74,77)/b12-10-. The van der Waals surface area contributed by atoms with E-state index in [9.17, 15) is 19.8 Å². The highest BCUT2D eigenvalue weighted by atomic mass is 16.5. The third-order valence-electron chi connectivity index (χ3n) is 17.3. The molecule has 2 unspecified atom stereocenters. The molecule has 0 fully saturated rings. The van der Waals surface area contributed by atoms with Gasteiger partial charge in [-0.15, -0.1) is 0 Å². The fraction of sp³-hybridized carbons (Fsp3) is 0.945. The smallest absolute Gasteiger partial charge is 0.305 e. The Kier molecular flexibility index (Phi) is 67.9. The molecule has 470 valence electrons. The SMILES string of the molecule is CCCC/C=C\CCCCCCCC(=O)OCCCCCCCCCCCCCCCCCCCCCCCCCCCCCCCCC(=O)NC(CO)C(O)CCCCCCCCCCCCCCCCCCCCCCC. The van der Waals surface area contributed by atoms with Gasteiger partial charge in [0.25, 0.3) is 0 Å². The van der Waals surface area contributed by atoms with Gasteiger partial charge in [0.15, 0.2) is 0 Å². The highest BCUT2D eigenvalue weighted by molar-refractivity contribution is 5.76. The summed E-state index contributed by atoms with van der Waals surface area (Å²) in [6, 6.07) is -0.539. The molecule has 0 aromatic rings. The maximum Gasteiger partial charge on any atom is 0.305 e. The molecule has 1 amide bonds. The summed E-state index contributed by atoms with van der Waals surface area (Å²) in [4.78, 5) is 24.6. The van der Waals surface area contributed by atoms with Crippen molar-refractivity contribution in [2.45, 2.75) is 431 Å². The number of nitrogens with one attached hydrogen (secondary N) is 1. The van der Waals surface area contributed by atoms with Crippen LogP contribution in [0, 0.1) is 0 Å². The molecule has 6 nitrogen and oxygen atoms in total. The monoisotopic (exact) mass is 1110 g/mol. The first-order chi connectivity index (χ1) is 39.0. The number of carbonyl (C=O) groups excluding carboxylic acids is 2. The van der Waals surface area contributed by atoms with E-state index in [4.69, 9.17) is 4.74 Å². The molecule has 0 saturated heterocycles. The van der Waals surface area contributed by atoms with Crippen LogP contribution in [0.5, 0.6) is 0 Å². The maximum atomic E-state index is 12.6. The van der Waals surface area contributed by atoms with E-state index < -0.39 is 12.1 Å². The van der Waals surface area contributed by atoms with Gasteiger partial charge in [-0.25, -0.2) is 0 Å². The topological polar surface area (TPSA) is 95.9 Å². The minimum Gasteiger partial charge on any atom is -0.466 e. The van der Waals surface area contributed by atoms with Crippen molar-refractivity contribution in [3.63, 3.8) is 0 Å². The molecular weight excluding hydrogens is 971 g/mol. The number of esters is 1. The van der Waals surface area contributed by atoms with Crippen LogP contribution in [-0.4, -0.2) is 47.4 Å². The molecule has 0 heterocycles. The highest BCUT2D eigenvalue weighted by Gasteiger charge is 2.20. The number of carbonyl (C=O) groups is 2. The summed E-state index contributed by atoms with van der Waals surface area (Å²) in [5.41, 5.74) is 0. The molecule has 0 aliphatic heterocycles. The van der Waals surface area contributed by atoms with E-state index in [2.05, 4.69) is 31.3 Å². The van der Waals surface area contributed by atoms with Crippen molar-refractivity contribution in [2.24, 2.45) is 0 Å². The van der Waals surface area contributed by atoms with Gasteiger partial charge >= 0.3 is 5.97 Å². The third kappa shape index (κ3) is 65.6. The number of amides is 1. The second-order valence-electron chi connectivity index (χ2n) is 25.3. The van der Waals surface area contributed by atoms with Crippen LogP contribution in [0.4, 0.5) is 0 Å². The summed E-state index contributed by atoms with van der Waals surface area (Å²) in [6.45, 7) is 4.96. The summed E-state index contributed by atoms with van der Waals surface area (Å²) in [5.74, 6) is -0.0160. The normalized spacial score (nSPS) is 12.5. The average molecular weight is 1110 g/mol. The van der Waals surface area contributed by atoms with Gasteiger partial charge in [-0.05, 0) is 44.9 Å². The molecule has 3 N–H and O–H groups in total. The van der Waals surface area contributed by atoms with Crippen molar-refractivity contribution < 1.29 is 24.5 Å². The van der Waals surface area contributed by atoms with Crippen LogP contribution < -0.4 is 5.32 Å². The van der Waals surface area contributed by atoms with E-state index >= 15 is 0 Å². The Hall–Kier alpha value is -1.40. The zero-order valence-electron chi connectivity index (χ0n) is 53.9. The molecule has 79 heavy (non-hydrogen) atoms. The molecular formula is C73H143NO5. The largest absolute Gasteiger partial charge is 0.466 e. The first kappa shape index (κ1) is 77.6. The summed E-state index contributed by atoms with van der Waals surface area (Å²) in [7, 11) is 0. The fourth-order valence-corrected chi connectivity index (χ4v) is 11.7. The zero-order chi connectivity index (χ0) is 57.1. The van der Waals surface area contributed by atoms with Gasteiger partial charge < -0.3 is 20.3 Å². The Bertz CT molecular complexity index is 1190. The van der Waals surface area contributed by atoms with Crippen LogP contribution in [0.25, 0.3) is 0 Å². The van der Waals surface area contributed by atoms with Crippen LogP contribution in [0.15, 0.2) is 12.2 Å². The van der Waals surface area contributed by atoms with Crippen molar-refractivity contribution in [3.8, 4) is 0 Å².